The van der Waals surface area contributed by atoms with E-state index in [9.17, 15) is 9.59 Å². The summed E-state index contributed by atoms with van der Waals surface area (Å²) in [5.74, 6) is -0.884. The Hall–Kier alpha value is -1.96. The molecule has 0 aromatic carbocycles. The average molecular weight is 281 g/mol. The molecule has 0 atom stereocenters. The molecule has 1 aromatic heterocycles. The van der Waals surface area contributed by atoms with E-state index in [0.29, 0.717) is 6.61 Å². The molecule has 0 spiro atoms. The highest BCUT2D eigenvalue weighted by molar-refractivity contribution is 5.93. The minimum Gasteiger partial charge on any atom is -0.465 e. The van der Waals surface area contributed by atoms with Gasteiger partial charge in [-0.05, 0) is 32.9 Å². The molecular formula is C12H19N5O3. The lowest BCUT2D eigenvalue weighted by Gasteiger charge is -2.22. The van der Waals surface area contributed by atoms with Gasteiger partial charge in [-0.15, -0.1) is 5.10 Å². The lowest BCUT2D eigenvalue weighted by molar-refractivity contribution is -0.141. The lowest BCUT2D eigenvalue weighted by atomic mass is 10.1. The van der Waals surface area contributed by atoms with Gasteiger partial charge < -0.3 is 15.4 Å². The minimum absolute atomic E-state index is 0.160. The molecule has 8 heteroatoms. The first-order valence-corrected chi connectivity index (χ1v) is 6.77. The predicted octanol–water partition coefficient (Wildman–Crippen LogP) is -0.504. The van der Waals surface area contributed by atoms with Gasteiger partial charge in [-0.3, -0.25) is 9.59 Å². The van der Waals surface area contributed by atoms with Crippen LogP contribution in [-0.4, -0.2) is 53.1 Å². The number of esters is 1. The number of carbonyl (C=O) groups excluding carboxylic acids is 2. The maximum atomic E-state index is 11.8. The van der Waals surface area contributed by atoms with Crippen LogP contribution >= 0.6 is 0 Å². The van der Waals surface area contributed by atoms with Gasteiger partial charge in [0, 0.05) is 0 Å². The fraction of sp³-hybridized carbons (Fsp3) is 0.667. The predicted molar refractivity (Wildman–Crippen MR) is 70.1 cm³/mol. The highest BCUT2D eigenvalue weighted by Crippen LogP contribution is 2.16. The molecule has 0 radical (unpaired) electrons. The van der Waals surface area contributed by atoms with Gasteiger partial charge in [0.15, 0.2) is 5.69 Å². The van der Waals surface area contributed by atoms with Gasteiger partial charge in [0.25, 0.3) is 5.91 Å². The summed E-state index contributed by atoms with van der Waals surface area (Å²) >= 11 is 0. The van der Waals surface area contributed by atoms with E-state index in [1.54, 1.807) is 17.8 Å². The molecule has 1 aliphatic heterocycles. The molecule has 1 aromatic rings. The Morgan fingerprint density at radius 1 is 1.50 bits per heavy atom. The molecule has 1 fully saturated rings. The largest absolute Gasteiger partial charge is 0.465 e. The van der Waals surface area contributed by atoms with E-state index in [2.05, 4.69) is 20.9 Å². The summed E-state index contributed by atoms with van der Waals surface area (Å²) in [6.07, 6.45) is 3.55. The van der Waals surface area contributed by atoms with Crippen LogP contribution in [0.5, 0.6) is 0 Å². The van der Waals surface area contributed by atoms with Crippen LogP contribution in [0.3, 0.4) is 0 Å². The maximum absolute atomic E-state index is 11.8. The normalized spacial score (nSPS) is 15.8. The molecule has 110 valence electrons. The number of nitrogens with zero attached hydrogens (tertiary/aromatic N) is 3. The van der Waals surface area contributed by atoms with Crippen molar-refractivity contribution >= 4 is 11.9 Å². The summed E-state index contributed by atoms with van der Waals surface area (Å²) < 4.78 is 6.45. The zero-order valence-electron chi connectivity index (χ0n) is 11.5. The molecule has 2 N–H and O–H groups in total. The van der Waals surface area contributed by atoms with Crippen LogP contribution in [0.2, 0.25) is 0 Å². The summed E-state index contributed by atoms with van der Waals surface area (Å²) in [6, 6.07) is 0.273. The van der Waals surface area contributed by atoms with Crippen molar-refractivity contribution in [2.24, 2.45) is 0 Å². The Labute approximate surface area is 116 Å². The fourth-order valence-corrected chi connectivity index (χ4v) is 2.09. The van der Waals surface area contributed by atoms with E-state index in [1.165, 1.54) is 0 Å². The molecule has 1 saturated heterocycles. The van der Waals surface area contributed by atoms with Crippen molar-refractivity contribution in [2.75, 3.05) is 26.2 Å². The van der Waals surface area contributed by atoms with Gasteiger partial charge in [-0.1, -0.05) is 5.21 Å². The SMILES string of the molecule is CCOC(=O)CNC(=O)c1cn(C2CCNCC2)nn1. The van der Waals surface area contributed by atoms with E-state index in [1.807, 2.05) is 0 Å². The van der Waals surface area contributed by atoms with Crippen molar-refractivity contribution in [3.05, 3.63) is 11.9 Å². The molecule has 20 heavy (non-hydrogen) atoms. The van der Waals surface area contributed by atoms with E-state index >= 15 is 0 Å². The van der Waals surface area contributed by atoms with Crippen molar-refractivity contribution in [2.45, 2.75) is 25.8 Å². The van der Waals surface area contributed by atoms with Crippen LogP contribution in [0.4, 0.5) is 0 Å². The molecule has 2 rings (SSSR count). The Morgan fingerprint density at radius 3 is 2.95 bits per heavy atom. The van der Waals surface area contributed by atoms with Crippen molar-refractivity contribution in [1.29, 1.82) is 0 Å². The minimum atomic E-state index is -0.466. The second-order valence-electron chi connectivity index (χ2n) is 4.55. The van der Waals surface area contributed by atoms with Crippen molar-refractivity contribution in [1.82, 2.24) is 25.6 Å². The topological polar surface area (TPSA) is 98.1 Å². The van der Waals surface area contributed by atoms with Crippen molar-refractivity contribution in [3.63, 3.8) is 0 Å². The molecule has 0 unspecified atom stereocenters. The lowest BCUT2D eigenvalue weighted by Crippen LogP contribution is -2.31. The van der Waals surface area contributed by atoms with Crippen LogP contribution in [0.1, 0.15) is 36.3 Å². The third-order valence-corrected chi connectivity index (χ3v) is 3.12. The Balaban J connectivity index is 1.87. The zero-order valence-corrected chi connectivity index (χ0v) is 11.5. The van der Waals surface area contributed by atoms with Gasteiger partial charge in [0.1, 0.15) is 6.54 Å². The Bertz CT molecular complexity index is 467. The number of rotatable bonds is 5. The van der Waals surface area contributed by atoms with Crippen LogP contribution in [0, 0.1) is 0 Å². The van der Waals surface area contributed by atoms with E-state index in [4.69, 9.17) is 4.74 Å². The van der Waals surface area contributed by atoms with E-state index < -0.39 is 11.9 Å². The number of nitrogens with one attached hydrogen (secondary N) is 2. The maximum Gasteiger partial charge on any atom is 0.325 e. The molecule has 8 nitrogen and oxygen atoms in total. The third kappa shape index (κ3) is 3.77. The highest BCUT2D eigenvalue weighted by atomic mass is 16.5. The standard InChI is InChI=1S/C12H19N5O3/c1-2-20-11(18)7-14-12(19)10-8-17(16-15-10)9-3-5-13-6-4-9/h8-9,13H,2-7H2,1H3,(H,14,19). The smallest absolute Gasteiger partial charge is 0.325 e. The summed E-state index contributed by atoms with van der Waals surface area (Å²) in [6.45, 7) is 3.72. The molecular weight excluding hydrogens is 262 g/mol. The monoisotopic (exact) mass is 281 g/mol. The first kappa shape index (κ1) is 14.4. The Morgan fingerprint density at radius 2 is 2.25 bits per heavy atom. The summed E-state index contributed by atoms with van der Waals surface area (Å²) in [5, 5.41) is 13.6. The summed E-state index contributed by atoms with van der Waals surface area (Å²) in [4.78, 5) is 22.9. The van der Waals surface area contributed by atoms with Crippen molar-refractivity contribution < 1.29 is 14.3 Å². The number of amides is 1. The molecule has 0 aliphatic carbocycles. The summed E-state index contributed by atoms with van der Waals surface area (Å²) in [7, 11) is 0. The van der Waals surface area contributed by atoms with Gasteiger partial charge in [0.05, 0.1) is 18.8 Å². The highest BCUT2D eigenvalue weighted by Gasteiger charge is 2.19. The quantitative estimate of drug-likeness (QED) is 0.706. The second-order valence-corrected chi connectivity index (χ2v) is 4.55. The number of aromatic nitrogens is 3. The first-order chi connectivity index (χ1) is 9.70. The number of carbonyl (C=O) groups is 2. The van der Waals surface area contributed by atoms with Gasteiger partial charge in [0.2, 0.25) is 0 Å². The van der Waals surface area contributed by atoms with Crippen LogP contribution in [-0.2, 0) is 9.53 Å². The summed E-state index contributed by atoms with van der Waals surface area (Å²) in [5.41, 5.74) is 0.216. The molecule has 1 aliphatic rings. The zero-order chi connectivity index (χ0) is 14.4. The van der Waals surface area contributed by atoms with Crippen LogP contribution < -0.4 is 10.6 Å². The Kier molecular flexibility index (Phi) is 5.05. The van der Waals surface area contributed by atoms with Gasteiger partial charge in [-0.2, -0.15) is 0 Å². The van der Waals surface area contributed by atoms with Crippen LogP contribution in [0.15, 0.2) is 6.20 Å². The first-order valence-electron chi connectivity index (χ1n) is 6.77. The van der Waals surface area contributed by atoms with Crippen molar-refractivity contribution in [3.8, 4) is 0 Å². The third-order valence-electron chi connectivity index (χ3n) is 3.12. The van der Waals surface area contributed by atoms with Gasteiger partial charge >= 0.3 is 5.97 Å². The van der Waals surface area contributed by atoms with Crippen LogP contribution in [0.25, 0.3) is 0 Å². The molecule has 1 amide bonds. The number of piperidine rings is 1. The van der Waals surface area contributed by atoms with Gasteiger partial charge in [-0.25, -0.2) is 4.68 Å². The molecule has 2 heterocycles. The molecule has 0 saturated carbocycles. The average Bonchev–Trinajstić information content (AvgIpc) is 2.96. The molecule has 0 bridgehead atoms. The number of ether oxygens (including phenoxy) is 1. The fourth-order valence-electron chi connectivity index (χ4n) is 2.09. The van der Waals surface area contributed by atoms with E-state index in [0.717, 1.165) is 25.9 Å². The second kappa shape index (κ2) is 6.99. The number of hydrogen-bond acceptors (Lipinski definition) is 6. The van der Waals surface area contributed by atoms with E-state index in [-0.39, 0.29) is 18.3 Å². The number of hydrogen-bond donors (Lipinski definition) is 2.